The van der Waals surface area contributed by atoms with Crippen LogP contribution in [0.25, 0.3) is 0 Å². The first-order valence-electron chi connectivity index (χ1n) is 3.44. The van der Waals surface area contributed by atoms with Gasteiger partial charge in [0.1, 0.15) is 11.6 Å². The number of benzene rings is 1. The molecule has 0 heterocycles. The van der Waals surface area contributed by atoms with Gasteiger partial charge < -0.3 is 0 Å². The SMILES string of the molecule is Fc1ccc(F)c(CNCCl)c1. The predicted octanol–water partition coefficient (Wildman–Crippen LogP) is 2.25. The number of hydrogen-bond donors (Lipinski definition) is 1. The van der Waals surface area contributed by atoms with Crippen molar-refractivity contribution in [2.24, 2.45) is 0 Å². The molecule has 0 aliphatic heterocycles. The Labute approximate surface area is 74.3 Å². The first kappa shape index (κ1) is 9.42. The highest BCUT2D eigenvalue weighted by molar-refractivity contribution is 6.17. The average Bonchev–Trinajstić information content (AvgIpc) is 2.07. The van der Waals surface area contributed by atoms with Crippen molar-refractivity contribution in [3.63, 3.8) is 0 Å². The van der Waals surface area contributed by atoms with Crippen molar-refractivity contribution in [2.45, 2.75) is 6.54 Å². The predicted molar refractivity (Wildman–Crippen MR) is 43.9 cm³/mol. The molecule has 0 aliphatic rings. The van der Waals surface area contributed by atoms with E-state index in [2.05, 4.69) is 5.32 Å². The van der Waals surface area contributed by atoms with E-state index in [1.54, 1.807) is 0 Å². The Balaban J connectivity index is 2.75. The van der Waals surface area contributed by atoms with Crippen molar-refractivity contribution < 1.29 is 8.78 Å². The fourth-order valence-corrected chi connectivity index (χ4v) is 0.955. The van der Waals surface area contributed by atoms with Gasteiger partial charge in [-0.25, -0.2) is 8.78 Å². The molecule has 0 spiro atoms. The van der Waals surface area contributed by atoms with Crippen molar-refractivity contribution in [1.29, 1.82) is 0 Å². The average molecular weight is 192 g/mol. The molecule has 0 saturated heterocycles. The number of nitrogens with one attached hydrogen (secondary N) is 1. The largest absolute Gasteiger partial charge is 0.300 e. The van der Waals surface area contributed by atoms with Gasteiger partial charge in [-0.2, -0.15) is 0 Å². The molecule has 0 amide bonds. The van der Waals surface area contributed by atoms with E-state index in [0.29, 0.717) is 0 Å². The van der Waals surface area contributed by atoms with Gasteiger partial charge in [0.05, 0.1) is 6.00 Å². The molecule has 0 unspecified atom stereocenters. The Morgan fingerprint density at radius 2 is 2.08 bits per heavy atom. The van der Waals surface area contributed by atoms with Gasteiger partial charge in [0.25, 0.3) is 0 Å². The van der Waals surface area contributed by atoms with E-state index in [1.807, 2.05) is 0 Å². The Bertz CT molecular complexity index is 265. The van der Waals surface area contributed by atoms with E-state index in [0.717, 1.165) is 18.2 Å². The van der Waals surface area contributed by atoms with Crippen LogP contribution in [0.4, 0.5) is 8.78 Å². The lowest BCUT2D eigenvalue weighted by Crippen LogP contribution is -2.11. The lowest BCUT2D eigenvalue weighted by atomic mass is 10.2. The minimum absolute atomic E-state index is 0.218. The fourth-order valence-electron chi connectivity index (χ4n) is 0.861. The summed E-state index contributed by atoms with van der Waals surface area (Å²) in [6.45, 7) is 0.243. The van der Waals surface area contributed by atoms with Gasteiger partial charge in [-0.05, 0) is 18.2 Å². The van der Waals surface area contributed by atoms with Crippen molar-refractivity contribution in [2.75, 3.05) is 6.00 Å². The van der Waals surface area contributed by atoms with Crippen LogP contribution in [0, 0.1) is 11.6 Å². The zero-order valence-corrected chi connectivity index (χ0v) is 7.04. The van der Waals surface area contributed by atoms with Gasteiger partial charge in [0.15, 0.2) is 0 Å². The molecule has 1 N–H and O–H groups in total. The molecule has 1 aromatic rings. The smallest absolute Gasteiger partial charge is 0.127 e. The molecule has 0 aliphatic carbocycles. The highest BCUT2D eigenvalue weighted by atomic mass is 35.5. The lowest BCUT2D eigenvalue weighted by Gasteiger charge is -2.02. The van der Waals surface area contributed by atoms with Crippen LogP contribution < -0.4 is 5.32 Å². The highest BCUT2D eigenvalue weighted by Crippen LogP contribution is 2.08. The van der Waals surface area contributed by atoms with Gasteiger partial charge in [-0.1, -0.05) is 0 Å². The van der Waals surface area contributed by atoms with Crippen molar-refractivity contribution in [3.05, 3.63) is 35.4 Å². The molecule has 0 aromatic heterocycles. The summed E-state index contributed by atoms with van der Waals surface area (Å²) in [6.07, 6.45) is 0. The maximum Gasteiger partial charge on any atom is 0.127 e. The maximum absolute atomic E-state index is 12.8. The molecule has 4 heteroatoms. The van der Waals surface area contributed by atoms with Gasteiger partial charge in [0, 0.05) is 12.1 Å². The second-order valence-electron chi connectivity index (χ2n) is 2.30. The molecule has 0 radical (unpaired) electrons. The van der Waals surface area contributed by atoms with Crippen molar-refractivity contribution >= 4 is 11.6 Å². The molecule has 0 saturated carbocycles. The third kappa shape index (κ3) is 2.43. The van der Waals surface area contributed by atoms with Crippen molar-refractivity contribution in [1.82, 2.24) is 5.32 Å². The monoisotopic (exact) mass is 191 g/mol. The van der Waals surface area contributed by atoms with Gasteiger partial charge >= 0.3 is 0 Å². The zero-order valence-electron chi connectivity index (χ0n) is 6.28. The summed E-state index contributed by atoms with van der Waals surface area (Å²) in [5.74, 6) is -0.864. The number of hydrogen-bond acceptors (Lipinski definition) is 1. The molecular formula is C8H8ClF2N. The second-order valence-corrected chi connectivity index (χ2v) is 2.56. The van der Waals surface area contributed by atoms with E-state index in [9.17, 15) is 8.78 Å². The Morgan fingerprint density at radius 3 is 2.75 bits per heavy atom. The third-order valence-electron chi connectivity index (χ3n) is 1.42. The maximum atomic E-state index is 12.8. The molecule has 1 aromatic carbocycles. The third-order valence-corrected chi connectivity index (χ3v) is 1.61. The zero-order chi connectivity index (χ0) is 8.97. The first-order valence-corrected chi connectivity index (χ1v) is 3.98. The summed E-state index contributed by atoms with van der Waals surface area (Å²) < 4.78 is 25.4. The van der Waals surface area contributed by atoms with E-state index in [-0.39, 0.29) is 18.1 Å². The fraction of sp³-hybridized carbons (Fsp3) is 0.250. The Kier molecular flexibility index (Phi) is 3.44. The van der Waals surface area contributed by atoms with Crippen LogP contribution in [0.1, 0.15) is 5.56 Å². The minimum atomic E-state index is -0.442. The van der Waals surface area contributed by atoms with E-state index in [4.69, 9.17) is 11.6 Å². The van der Waals surface area contributed by atoms with Crippen LogP contribution in [0.3, 0.4) is 0 Å². The van der Waals surface area contributed by atoms with E-state index < -0.39 is 11.6 Å². The number of halogens is 3. The number of rotatable bonds is 3. The highest BCUT2D eigenvalue weighted by Gasteiger charge is 2.01. The lowest BCUT2D eigenvalue weighted by molar-refractivity contribution is 0.577. The second kappa shape index (κ2) is 4.38. The topological polar surface area (TPSA) is 12.0 Å². The van der Waals surface area contributed by atoms with Crippen LogP contribution in [0.5, 0.6) is 0 Å². The molecule has 1 nitrogen and oxygen atoms in total. The van der Waals surface area contributed by atoms with E-state index in [1.165, 1.54) is 0 Å². The van der Waals surface area contributed by atoms with Gasteiger partial charge in [-0.15, -0.1) is 11.6 Å². The summed E-state index contributed by atoms with van der Waals surface area (Å²) >= 11 is 5.32. The van der Waals surface area contributed by atoms with Gasteiger partial charge in [0.2, 0.25) is 0 Å². The quantitative estimate of drug-likeness (QED) is 0.571. The Hall–Kier alpha value is -0.670. The molecule has 1 rings (SSSR count). The van der Waals surface area contributed by atoms with Crippen molar-refractivity contribution in [3.8, 4) is 0 Å². The summed E-state index contributed by atoms with van der Waals surface area (Å²) in [4.78, 5) is 0. The molecule has 0 atom stereocenters. The summed E-state index contributed by atoms with van der Waals surface area (Å²) in [5.41, 5.74) is 0.288. The van der Waals surface area contributed by atoms with E-state index >= 15 is 0 Å². The molecule has 12 heavy (non-hydrogen) atoms. The first-order chi connectivity index (χ1) is 5.74. The standard InChI is InChI=1S/C8H8ClF2N/c9-5-12-4-6-3-7(10)1-2-8(6)11/h1-3,12H,4-5H2. The normalized spacial score (nSPS) is 10.2. The molecule has 66 valence electrons. The minimum Gasteiger partial charge on any atom is -0.300 e. The van der Waals surface area contributed by atoms with Crippen LogP contribution >= 0.6 is 11.6 Å². The van der Waals surface area contributed by atoms with Gasteiger partial charge in [-0.3, -0.25) is 5.32 Å². The molecule has 0 bridgehead atoms. The van der Waals surface area contributed by atoms with Crippen LogP contribution in [0.15, 0.2) is 18.2 Å². The molecular weight excluding hydrogens is 184 g/mol. The molecule has 0 fully saturated rings. The summed E-state index contributed by atoms with van der Waals surface area (Å²) in [7, 11) is 0. The van der Waals surface area contributed by atoms with Crippen LogP contribution in [0.2, 0.25) is 0 Å². The number of alkyl halides is 1. The Morgan fingerprint density at radius 1 is 1.33 bits per heavy atom. The van der Waals surface area contributed by atoms with Crippen LogP contribution in [-0.2, 0) is 6.54 Å². The summed E-state index contributed by atoms with van der Waals surface area (Å²) in [5, 5.41) is 2.69. The van der Waals surface area contributed by atoms with Crippen LogP contribution in [-0.4, -0.2) is 6.00 Å². The summed E-state index contributed by atoms with van der Waals surface area (Å²) in [6, 6.07) is 3.55.